The van der Waals surface area contributed by atoms with E-state index in [4.69, 9.17) is 4.98 Å². The topological polar surface area (TPSA) is 50.4 Å². The number of halogens is 4. The molecule has 3 aromatic rings. The van der Waals surface area contributed by atoms with Crippen molar-refractivity contribution in [3.63, 3.8) is 0 Å². The van der Waals surface area contributed by atoms with Crippen LogP contribution >= 0.6 is 0 Å². The number of H-pyrrole nitrogens is 1. The SMILES string of the molecule is CCCCCCCCN(F)C(F)(F)CN1CCc2c([nH]c3ccccc23)C1c1ccc(NC2CCN(CCCF)C2)cn1. The first kappa shape index (κ1) is 31.7. The number of aromatic amines is 1. The van der Waals surface area contributed by atoms with E-state index in [9.17, 15) is 8.87 Å². The van der Waals surface area contributed by atoms with Crippen molar-refractivity contribution in [1.29, 1.82) is 0 Å². The Balaban J connectivity index is 1.31. The highest BCUT2D eigenvalue weighted by Crippen LogP contribution is 2.39. The fourth-order valence-corrected chi connectivity index (χ4v) is 6.64. The van der Waals surface area contributed by atoms with Crippen molar-refractivity contribution in [2.24, 2.45) is 0 Å². The second-order valence-corrected chi connectivity index (χ2v) is 12.2. The summed E-state index contributed by atoms with van der Waals surface area (Å²) in [5.74, 6) is 0. The maximum absolute atomic E-state index is 15.3. The minimum Gasteiger partial charge on any atom is -0.380 e. The fourth-order valence-electron chi connectivity index (χ4n) is 6.64. The van der Waals surface area contributed by atoms with E-state index in [1.165, 1.54) is 0 Å². The van der Waals surface area contributed by atoms with Crippen LogP contribution in [0.25, 0.3) is 10.9 Å². The highest BCUT2D eigenvalue weighted by Gasteiger charge is 2.44. The van der Waals surface area contributed by atoms with Crippen molar-refractivity contribution in [1.82, 2.24) is 24.9 Å². The van der Waals surface area contributed by atoms with Gasteiger partial charge in [0.15, 0.2) is 0 Å². The number of aromatic nitrogens is 2. The Morgan fingerprint density at radius 1 is 1.05 bits per heavy atom. The van der Waals surface area contributed by atoms with Gasteiger partial charge in [0.1, 0.15) is 0 Å². The zero-order chi connectivity index (χ0) is 30.2. The number of nitrogens with one attached hydrogen (secondary N) is 2. The Morgan fingerprint density at radius 2 is 1.86 bits per heavy atom. The fraction of sp³-hybridized carbons (Fsp3) is 0.606. The lowest BCUT2D eigenvalue weighted by Gasteiger charge is -2.38. The van der Waals surface area contributed by atoms with Crippen LogP contribution in [0.4, 0.5) is 23.3 Å². The van der Waals surface area contributed by atoms with E-state index in [0.29, 0.717) is 31.5 Å². The average molecular weight is 603 g/mol. The summed E-state index contributed by atoms with van der Waals surface area (Å²) in [7, 11) is 0. The van der Waals surface area contributed by atoms with Gasteiger partial charge in [0.25, 0.3) is 0 Å². The zero-order valence-corrected chi connectivity index (χ0v) is 25.3. The van der Waals surface area contributed by atoms with Gasteiger partial charge in [-0.2, -0.15) is 8.78 Å². The molecule has 2 aromatic heterocycles. The number of benzene rings is 1. The summed E-state index contributed by atoms with van der Waals surface area (Å²) in [6.45, 7) is 3.74. The molecule has 6 nitrogen and oxygen atoms in total. The third kappa shape index (κ3) is 7.88. The molecule has 0 saturated carbocycles. The average Bonchev–Trinajstić information content (AvgIpc) is 3.62. The number of para-hydroxylation sites is 1. The highest BCUT2D eigenvalue weighted by molar-refractivity contribution is 5.85. The van der Waals surface area contributed by atoms with Gasteiger partial charge in [0.2, 0.25) is 0 Å². The first-order chi connectivity index (χ1) is 20.9. The van der Waals surface area contributed by atoms with Crippen molar-refractivity contribution in [3.8, 4) is 0 Å². The molecule has 0 spiro atoms. The lowest BCUT2D eigenvalue weighted by atomic mass is 9.94. The zero-order valence-electron chi connectivity index (χ0n) is 25.3. The Hall–Kier alpha value is -2.69. The van der Waals surface area contributed by atoms with Gasteiger partial charge in [-0.15, -0.1) is 4.48 Å². The molecule has 2 N–H and O–H groups in total. The molecule has 43 heavy (non-hydrogen) atoms. The van der Waals surface area contributed by atoms with Crippen molar-refractivity contribution < 1.29 is 17.7 Å². The lowest BCUT2D eigenvalue weighted by Crippen LogP contribution is -2.49. The van der Waals surface area contributed by atoms with E-state index >= 15 is 8.78 Å². The van der Waals surface area contributed by atoms with Gasteiger partial charge in [-0.05, 0) is 49.4 Å². The smallest absolute Gasteiger partial charge is 0.342 e. The van der Waals surface area contributed by atoms with Gasteiger partial charge < -0.3 is 15.2 Å². The molecule has 0 amide bonds. The molecule has 2 aliphatic rings. The Morgan fingerprint density at radius 3 is 2.65 bits per heavy atom. The normalized spacial score (nSPS) is 19.9. The number of nitrogens with zero attached hydrogens (tertiary/aromatic N) is 4. The lowest BCUT2D eigenvalue weighted by molar-refractivity contribution is -0.245. The third-order valence-corrected chi connectivity index (χ3v) is 8.91. The molecule has 4 heterocycles. The molecule has 236 valence electrons. The number of alkyl halides is 3. The van der Waals surface area contributed by atoms with Gasteiger partial charge in [-0.25, -0.2) is 0 Å². The van der Waals surface area contributed by atoms with E-state index in [1.807, 2.05) is 30.3 Å². The van der Waals surface area contributed by atoms with Crippen LogP contribution in [-0.4, -0.2) is 82.9 Å². The van der Waals surface area contributed by atoms with Gasteiger partial charge in [-0.3, -0.25) is 14.3 Å². The van der Waals surface area contributed by atoms with Crippen LogP contribution in [0, 0.1) is 0 Å². The van der Waals surface area contributed by atoms with E-state index in [-0.39, 0.29) is 24.4 Å². The van der Waals surface area contributed by atoms with Crippen LogP contribution in [-0.2, 0) is 6.42 Å². The maximum atomic E-state index is 15.3. The van der Waals surface area contributed by atoms with Gasteiger partial charge in [0, 0.05) is 55.4 Å². The van der Waals surface area contributed by atoms with Crippen molar-refractivity contribution in [3.05, 3.63) is 59.5 Å². The summed E-state index contributed by atoms with van der Waals surface area (Å²) < 4.78 is 58.1. The van der Waals surface area contributed by atoms with Gasteiger partial charge in [-0.1, -0.05) is 62.3 Å². The van der Waals surface area contributed by atoms with Crippen LogP contribution in [0.5, 0.6) is 0 Å². The van der Waals surface area contributed by atoms with Crippen molar-refractivity contribution in [2.45, 2.75) is 82.8 Å². The summed E-state index contributed by atoms with van der Waals surface area (Å²) >= 11 is 0. The molecule has 2 aliphatic heterocycles. The van der Waals surface area contributed by atoms with Crippen LogP contribution in [0.1, 0.15) is 81.3 Å². The third-order valence-electron chi connectivity index (χ3n) is 8.91. The van der Waals surface area contributed by atoms with Crippen LogP contribution < -0.4 is 5.32 Å². The van der Waals surface area contributed by atoms with Crippen LogP contribution in [0.15, 0.2) is 42.6 Å². The molecule has 10 heteroatoms. The molecule has 1 aromatic carbocycles. The summed E-state index contributed by atoms with van der Waals surface area (Å²) in [5, 5.41) is 4.35. The predicted molar refractivity (Wildman–Crippen MR) is 165 cm³/mol. The number of anilines is 1. The largest absolute Gasteiger partial charge is 0.380 e. The first-order valence-electron chi connectivity index (χ1n) is 16.0. The summed E-state index contributed by atoms with van der Waals surface area (Å²) in [6, 6.07) is 7.88. The standard InChI is InChI=1S/C33H46F4N6/c1-2-3-4-5-6-9-19-43(37)33(35,36)24-42-21-16-28-27-11-7-8-12-29(27)40-31(28)32(42)30-14-13-25(22-38-30)39-26-15-20-41(23-26)18-10-17-34/h7-8,11-14,22,26,32,39-40H,2-6,9-10,15-21,23-24H2,1H3. The van der Waals surface area contributed by atoms with Gasteiger partial charge >= 0.3 is 6.05 Å². The first-order valence-corrected chi connectivity index (χ1v) is 16.0. The number of hydrogen-bond acceptors (Lipinski definition) is 5. The molecule has 0 radical (unpaired) electrons. The molecule has 5 rings (SSSR count). The molecule has 0 aliphatic carbocycles. The van der Waals surface area contributed by atoms with E-state index in [0.717, 1.165) is 86.0 Å². The minimum absolute atomic E-state index is 0.250. The predicted octanol–water partition coefficient (Wildman–Crippen LogP) is 7.50. The molecule has 2 atom stereocenters. The second-order valence-electron chi connectivity index (χ2n) is 12.2. The van der Waals surface area contributed by atoms with Crippen molar-refractivity contribution in [2.75, 3.05) is 51.3 Å². The molecular formula is C33H46F4N6. The summed E-state index contributed by atoms with van der Waals surface area (Å²) in [5.41, 5.74) is 4.41. The molecule has 0 bridgehead atoms. The highest BCUT2D eigenvalue weighted by atomic mass is 19.3. The van der Waals surface area contributed by atoms with Crippen molar-refractivity contribution >= 4 is 16.6 Å². The Bertz CT molecular complexity index is 1280. The minimum atomic E-state index is -3.62. The molecule has 1 fully saturated rings. The number of likely N-dealkylation sites (tertiary alicyclic amines) is 1. The molecule has 1 saturated heterocycles. The summed E-state index contributed by atoms with van der Waals surface area (Å²) in [4.78, 5) is 12.2. The molecular weight excluding hydrogens is 556 g/mol. The summed E-state index contributed by atoms with van der Waals surface area (Å²) in [6.07, 6.45) is 9.26. The van der Waals surface area contributed by atoms with E-state index in [2.05, 4.69) is 28.2 Å². The maximum Gasteiger partial charge on any atom is 0.342 e. The van der Waals surface area contributed by atoms with E-state index < -0.39 is 18.6 Å². The van der Waals surface area contributed by atoms with Gasteiger partial charge in [0.05, 0.1) is 36.8 Å². The number of unbranched alkanes of at least 4 members (excludes halogenated alkanes) is 5. The van der Waals surface area contributed by atoms with Crippen LogP contribution in [0.2, 0.25) is 0 Å². The Labute approximate surface area is 252 Å². The number of pyridine rings is 1. The number of hydrogen-bond donors (Lipinski definition) is 2. The van der Waals surface area contributed by atoms with Crippen LogP contribution in [0.3, 0.4) is 0 Å². The number of rotatable bonds is 16. The monoisotopic (exact) mass is 602 g/mol. The van der Waals surface area contributed by atoms with E-state index in [1.54, 1.807) is 11.1 Å². The number of fused-ring (bicyclic) bond motifs is 3. The molecule has 2 unspecified atom stereocenters. The Kier molecular flexibility index (Phi) is 11.0. The quantitative estimate of drug-likeness (QED) is 0.0770. The second kappa shape index (κ2) is 14.9.